The monoisotopic (exact) mass is 313 g/mol. The van der Waals surface area contributed by atoms with Gasteiger partial charge in [0.25, 0.3) is 11.8 Å². The van der Waals surface area contributed by atoms with Gasteiger partial charge in [0, 0.05) is 0 Å². The Kier molecular flexibility index (Phi) is 2.42. The van der Waals surface area contributed by atoms with Crippen LogP contribution in [0, 0.1) is 0 Å². The summed E-state index contributed by atoms with van der Waals surface area (Å²) in [6.07, 6.45) is 0. The maximum absolute atomic E-state index is 11.7. The first-order valence-corrected chi connectivity index (χ1v) is 5.13. The Morgan fingerprint density at radius 2 is 1.60 bits per heavy atom. The highest BCUT2D eigenvalue weighted by atomic mass is 127. The van der Waals surface area contributed by atoms with Gasteiger partial charge in [0.05, 0.1) is 11.1 Å². The minimum absolute atomic E-state index is 0.0428. The molecule has 1 aliphatic rings. The van der Waals surface area contributed by atoms with Gasteiger partial charge in [-0.1, -0.05) is 12.1 Å². The molecular formula is C10H4INO3. The predicted octanol–water partition coefficient (Wildman–Crippen LogP) is 1.39. The molecule has 0 unspecified atom stereocenters. The second kappa shape index (κ2) is 3.60. The van der Waals surface area contributed by atoms with E-state index in [1.165, 1.54) is 0 Å². The largest absolute Gasteiger partial charge is 0.268 e. The molecule has 0 atom stereocenters. The lowest BCUT2D eigenvalue weighted by molar-refractivity contribution is 0.0720. The van der Waals surface area contributed by atoms with Crippen molar-refractivity contribution in [2.75, 3.05) is 0 Å². The van der Waals surface area contributed by atoms with Crippen molar-refractivity contribution in [2.45, 2.75) is 0 Å². The first-order valence-electron chi connectivity index (χ1n) is 4.05. The molecule has 0 fully saturated rings. The fraction of sp³-hybridized carbons (Fsp3) is 0. The molecule has 1 aromatic rings. The number of rotatable bonds is 1. The summed E-state index contributed by atoms with van der Waals surface area (Å²) in [6, 6.07) is 6.46. The van der Waals surface area contributed by atoms with Gasteiger partial charge in [-0.05, 0) is 34.7 Å². The van der Waals surface area contributed by atoms with Crippen molar-refractivity contribution in [3.8, 4) is 0 Å². The number of hydrogen-bond donors (Lipinski definition) is 0. The molecule has 0 radical (unpaired) electrons. The molecule has 1 aliphatic heterocycles. The van der Waals surface area contributed by atoms with Gasteiger partial charge < -0.3 is 0 Å². The van der Waals surface area contributed by atoms with E-state index in [9.17, 15) is 14.4 Å². The number of carbonyl (C=O) groups is 2. The van der Waals surface area contributed by atoms with Crippen LogP contribution in [0.3, 0.4) is 0 Å². The lowest BCUT2D eigenvalue weighted by Crippen LogP contribution is -2.26. The van der Waals surface area contributed by atoms with E-state index in [2.05, 4.69) is 0 Å². The summed E-state index contributed by atoms with van der Waals surface area (Å²) in [5.41, 5.74) is 0.652. The van der Waals surface area contributed by atoms with E-state index in [0.717, 1.165) is 4.90 Å². The zero-order valence-electron chi connectivity index (χ0n) is 7.36. The molecule has 0 aliphatic carbocycles. The van der Waals surface area contributed by atoms with Gasteiger partial charge >= 0.3 is 0 Å². The Balaban J connectivity index is 2.60. The number of hydrogen-bond acceptors (Lipinski definition) is 3. The van der Waals surface area contributed by atoms with E-state index >= 15 is 0 Å². The zero-order valence-corrected chi connectivity index (χ0v) is 9.52. The molecule has 0 aromatic heterocycles. The Hall–Kier alpha value is -1.46. The van der Waals surface area contributed by atoms with Crippen LogP contribution in [0.15, 0.2) is 28.0 Å². The number of halogens is 1. The first kappa shape index (κ1) is 10.1. The van der Waals surface area contributed by atoms with E-state index in [1.807, 2.05) is 0 Å². The van der Waals surface area contributed by atoms with Crippen molar-refractivity contribution < 1.29 is 14.4 Å². The van der Waals surface area contributed by atoms with Crippen LogP contribution in [0.25, 0.3) is 0 Å². The summed E-state index contributed by atoms with van der Waals surface area (Å²) in [5.74, 6) is 0.602. The predicted molar refractivity (Wildman–Crippen MR) is 60.2 cm³/mol. The summed E-state index contributed by atoms with van der Waals surface area (Å²) in [4.78, 5) is 34.7. The Labute approximate surface area is 98.7 Å². The summed E-state index contributed by atoms with van der Waals surface area (Å²) < 4.78 is -0.0428. The smallest absolute Gasteiger partial charge is 0.267 e. The van der Waals surface area contributed by atoms with E-state index < -0.39 is 11.8 Å². The number of benzene rings is 1. The van der Waals surface area contributed by atoms with Crippen LogP contribution < -0.4 is 0 Å². The average Bonchev–Trinajstić information content (AvgIpc) is 2.52. The van der Waals surface area contributed by atoms with E-state index in [4.69, 9.17) is 0 Å². The maximum Gasteiger partial charge on any atom is 0.267 e. The molecule has 2 rings (SSSR count). The number of nitrogens with zero attached hydrogens (tertiary/aromatic N) is 1. The molecule has 2 amide bonds. The fourth-order valence-corrected chi connectivity index (χ4v) is 1.85. The van der Waals surface area contributed by atoms with Crippen molar-refractivity contribution in [1.82, 2.24) is 4.90 Å². The molecule has 15 heavy (non-hydrogen) atoms. The summed E-state index contributed by atoms with van der Waals surface area (Å²) in [5, 5.41) is 0. The highest BCUT2D eigenvalue weighted by Gasteiger charge is 2.37. The van der Waals surface area contributed by atoms with Crippen molar-refractivity contribution in [1.29, 1.82) is 0 Å². The van der Waals surface area contributed by atoms with E-state index in [1.54, 1.807) is 52.8 Å². The standard InChI is InChI=1S/C10H4INO3/c11-8(5-13)12-9(14)6-3-1-2-4-7(6)10(12)15/h1-4H. The van der Waals surface area contributed by atoms with Crippen LogP contribution >= 0.6 is 22.6 Å². The van der Waals surface area contributed by atoms with Crippen molar-refractivity contribution >= 4 is 40.3 Å². The first-order chi connectivity index (χ1) is 7.16. The molecule has 5 heteroatoms. The van der Waals surface area contributed by atoms with Crippen LogP contribution in [-0.4, -0.2) is 22.7 Å². The minimum Gasteiger partial charge on any atom is -0.268 e. The van der Waals surface area contributed by atoms with Gasteiger partial charge in [0.15, 0.2) is 9.65 Å². The third-order valence-electron chi connectivity index (χ3n) is 2.07. The van der Waals surface area contributed by atoms with Gasteiger partial charge in [-0.2, -0.15) is 0 Å². The quantitative estimate of drug-likeness (QED) is 0.341. The Bertz CT molecular complexity index is 482. The highest BCUT2D eigenvalue weighted by molar-refractivity contribution is 14.1. The topological polar surface area (TPSA) is 54.5 Å². The molecule has 0 saturated carbocycles. The normalized spacial score (nSPS) is 13.8. The van der Waals surface area contributed by atoms with Gasteiger partial charge in [-0.25, -0.2) is 9.69 Å². The molecule has 0 bridgehead atoms. The number of amides is 2. The van der Waals surface area contributed by atoms with Crippen molar-refractivity contribution in [2.24, 2.45) is 0 Å². The fourth-order valence-electron chi connectivity index (χ4n) is 1.41. The molecule has 0 spiro atoms. The van der Waals surface area contributed by atoms with Crippen molar-refractivity contribution in [3.05, 3.63) is 39.1 Å². The van der Waals surface area contributed by atoms with Crippen molar-refractivity contribution in [3.63, 3.8) is 0 Å². The van der Waals surface area contributed by atoms with Crippen LogP contribution in [-0.2, 0) is 4.79 Å². The van der Waals surface area contributed by atoms with E-state index in [0.29, 0.717) is 11.1 Å². The third-order valence-corrected chi connectivity index (χ3v) is 2.78. The van der Waals surface area contributed by atoms with Crippen LogP contribution in [0.5, 0.6) is 0 Å². The lowest BCUT2D eigenvalue weighted by atomic mass is 10.1. The van der Waals surface area contributed by atoms with Gasteiger partial charge in [-0.15, -0.1) is 0 Å². The molecule has 4 nitrogen and oxygen atoms in total. The Morgan fingerprint density at radius 3 is 2.00 bits per heavy atom. The number of fused-ring (bicyclic) bond motifs is 1. The second-order valence-corrected chi connectivity index (χ2v) is 3.91. The van der Waals surface area contributed by atoms with E-state index in [-0.39, 0.29) is 3.70 Å². The summed E-state index contributed by atoms with van der Waals surface area (Å²) in [7, 11) is 0. The third kappa shape index (κ3) is 1.40. The van der Waals surface area contributed by atoms with Crippen LogP contribution in [0.2, 0.25) is 0 Å². The minimum atomic E-state index is -0.469. The maximum atomic E-state index is 11.7. The molecule has 1 aromatic carbocycles. The lowest BCUT2D eigenvalue weighted by Gasteiger charge is -2.08. The zero-order chi connectivity index (χ0) is 11.0. The molecule has 74 valence electrons. The highest BCUT2D eigenvalue weighted by Crippen LogP contribution is 2.27. The Morgan fingerprint density at radius 1 is 1.13 bits per heavy atom. The van der Waals surface area contributed by atoms with Gasteiger partial charge in [-0.3, -0.25) is 9.59 Å². The average molecular weight is 313 g/mol. The molecular weight excluding hydrogens is 309 g/mol. The van der Waals surface area contributed by atoms with Crippen LogP contribution in [0.1, 0.15) is 20.7 Å². The van der Waals surface area contributed by atoms with Gasteiger partial charge in [0.2, 0.25) is 0 Å². The van der Waals surface area contributed by atoms with Crippen LogP contribution in [0.4, 0.5) is 0 Å². The SMILES string of the molecule is O=C=C(I)N1C(=O)c2ccccc2C1=O. The number of carbonyl (C=O) groups excluding carboxylic acids is 3. The summed E-state index contributed by atoms with van der Waals surface area (Å²) in [6.45, 7) is 0. The second-order valence-electron chi connectivity index (χ2n) is 2.88. The molecule has 1 heterocycles. The number of imide groups is 1. The van der Waals surface area contributed by atoms with Gasteiger partial charge in [0.1, 0.15) is 0 Å². The molecule has 0 saturated heterocycles. The summed E-state index contributed by atoms with van der Waals surface area (Å²) >= 11 is 1.61. The molecule has 0 N–H and O–H groups in total.